The minimum atomic E-state index is -0.516. The van der Waals surface area contributed by atoms with Crippen LogP contribution in [0.3, 0.4) is 0 Å². The van der Waals surface area contributed by atoms with Crippen LogP contribution in [0.15, 0.2) is 18.2 Å². The molecule has 3 N–H and O–H groups in total. The lowest BCUT2D eigenvalue weighted by molar-refractivity contribution is -0.118. The van der Waals surface area contributed by atoms with Gasteiger partial charge < -0.3 is 15.8 Å². The Morgan fingerprint density at radius 3 is 2.70 bits per heavy atom. The number of nitrogens with two attached hydrogens (primary N) is 1. The molecule has 1 aromatic carbocycles. The molecular formula is C22H26Cl2N2O3S. The van der Waals surface area contributed by atoms with E-state index in [0.29, 0.717) is 32.3 Å². The van der Waals surface area contributed by atoms with Crippen LogP contribution in [0.1, 0.15) is 54.4 Å². The van der Waals surface area contributed by atoms with Crippen LogP contribution in [0.25, 0.3) is 0 Å². The Kier molecular flexibility index (Phi) is 7.00. The van der Waals surface area contributed by atoms with E-state index >= 15 is 0 Å². The highest BCUT2D eigenvalue weighted by molar-refractivity contribution is 7.17. The summed E-state index contributed by atoms with van der Waals surface area (Å²) in [7, 11) is 0. The van der Waals surface area contributed by atoms with E-state index in [0.717, 1.165) is 36.1 Å². The lowest BCUT2D eigenvalue weighted by Crippen LogP contribution is -2.29. The normalized spacial score (nSPS) is 16.1. The Bertz CT molecular complexity index is 972. The molecule has 8 heteroatoms. The molecule has 0 radical (unpaired) electrons. The van der Waals surface area contributed by atoms with Crippen LogP contribution >= 0.6 is 34.5 Å². The predicted octanol–water partition coefficient (Wildman–Crippen LogP) is 5.71. The van der Waals surface area contributed by atoms with Gasteiger partial charge in [-0.3, -0.25) is 9.59 Å². The SMILES string of the molecule is CCC(C)(C)C1CCc2c(sc(NC(=O)COc3ccc(Cl)cc3Cl)c2C(N)=O)C1. The maximum Gasteiger partial charge on any atom is 0.262 e. The van der Waals surface area contributed by atoms with E-state index in [-0.39, 0.29) is 17.9 Å². The monoisotopic (exact) mass is 468 g/mol. The van der Waals surface area contributed by atoms with E-state index in [1.165, 1.54) is 11.3 Å². The molecule has 2 aromatic rings. The zero-order chi connectivity index (χ0) is 22.1. The van der Waals surface area contributed by atoms with Gasteiger partial charge in [-0.1, -0.05) is 50.4 Å². The van der Waals surface area contributed by atoms with E-state index in [9.17, 15) is 9.59 Å². The molecule has 1 aromatic heterocycles. The van der Waals surface area contributed by atoms with E-state index < -0.39 is 5.91 Å². The molecule has 3 rings (SSSR count). The molecular weight excluding hydrogens is 443 g/mol. The number of ether oxygens (including phenoxy) is 1. The van der Waals surface area contributed by atoms with Gasteiger partial charge in [0.1, 0.15) is 10.8 Å². The van der Waals surface area contributed by atoms with Gasteiger partial charge in [-0.2, -0.15) is 0 Å². The Morgan fingerprint density at radius 2 is 2.07 bits per heavy atom. The first kappa shape index (κ1) is 22.9. The van der Waals surface area contributed by atoms with Crippen molar-refractivity contribution in [2.45, 2.75) is 46.5 Å². The number of rotatable bonds is 7. The van der Waals surface area contributed by atoms with Crippen LogP contribution in [0.4, 0.5) is 5.00 Å². The molecule has 0 aliphatic heterocycles. The molecule has 0 saturated heterocycles. The number of carbonyl (C=O) groups is 2. The van der Waals surface area contributed by atoms with Crippen molar-refractivity contribution in [1.29, 1.82) is 0 Å². The number of hydrogen-bond acceptors (Lipinski definition) is 4. The second-order valence-electron chi connectivity index (χ2n) is 8.27. The Morgan fingerprint density at radius 1 is 1.33 bits per heavy atom. The highest BCUT2D eigenvalue weighted by Crippen LogP contribution is 2.45. The van der Waals surface area contributed by atoms with Crippen LogP contribution in [0.5, 0.6) is 5.75 Å². The zero-order valence-corrected chi connectivity index (χ0v) is 19.6. The zero-order valence-electron chi connectivity index (χ0n) is 17.3. The maximum absolute atomic E-state index is 12.5. The molecule has 162 valence electrons. The second kappa shape index (κ2) is 9.16. The molecule has 5 nitrogen and oxygen atoms in total. The summed E-state index contributed by atoms with van der Waals surface area (Å²) in [6.45, 7) is 6.53. The van der Waals surface area contributed by atoms with Crippen LogP contribution < -0.4 is 15.8 Å². The molecule has 1 aliphatic carbocycles. The summed E-state index contributed by atoms with van der Waals surface area (Å²) in [4.78, 5) is 25.8. The fourth-order valence-corrected chi connectivity index (χ4v) is 5.60. The molecule has 1 aliphatic rings. The third-order valence-electron chi connectivity index (χ3n) is 6.03. The summed E-state index contributed by atoms with van der Waals surface area (Å²) in [5.74, 6) is -0.0000188. The van der Waals surface area contributed by atoms with Gasteiger partial charge in [0.25, 0.3) is 11.8 Å². The van der Waals surface area contributed by atoms with Crippen molar-refractivity contribution in [3.05, 3.63) is 44.2 Å². The molecule has 0 bridgehead atoms. The van der Waals surface area contributed by atoms with Gasteiger partial charge in [0.15, 0.2) is 6.61 Å². The first-order valence-electron chi connectivity index (χ1n) is 9.94. The first-order chi connectivity index (χ1) is 14.1. The summed E-state index contributed by atoms with van der Waals surface area (Å²) in [5.41, 5.74) is 7.30. The van der Waals surface area contributed by atoms with Gasteiger partial charge in [0.05, 0.1) is 10.6 Å². The van der Waals surface area contributed by atoms with Crippen molar-refractivity contribution >= 4 is 51.4 Å². The second-order valence-corrected chi connectivity index (χ2v) is 10.2. The van der Waals surface area contributed by atoms with E-state index in [4.69, 9.17) is 33.7 Å². The summed E-state index contributed by atoms with van der Waals surface area (Å²) in [6.07, 6.45) is 3.80. The van der Waals surface area contributed by atoms with Gasteiger partial charge in [-0.15, -0.1) is 11.3 Å². The number of nitrogens with one attached hydrogen (secondary N) is 1. The molecule has 2 amide bonds. The molecule has 0 spiro atoms. The molecule has 0 fully saturated rings. The third kappa shape index (κ3) is 4.93. The average Bonchev–Trinajstić information content (AvgIpc) is 3.04. The fraction of sp³-hybridized carbons (Fsp3) is 0.455. The number of thiophene rings is 1. The van der Waals surface area contributed by atoms with Gasteiger partial charge in [-0.25, -0.2) is 0 Å². The highest BCUT2D eigenvalue weighted by atomic mass is 35.5. The molecule has 1 atom stereocenters. The minimum absolute atomic E-state index is 0.226. The predicted molar refractivity (Wildman–Crippen MR) is 123 cm³/mol. The van der Waals surface area contributed by atoms with Crippen molar-refractivity contribution in [1.82, 2.24) is 0 Å². The van der Waals surface area contributed by atoms with Crippen molar-refractivity contribution < 1.29 is 14.3 Å². The smallest absolute Gasteiger partial charge is 0.262 e. The number of benzene rings is 1. The van der Waals surface area contributed by atoms with Crippen LogP contribution in [0, 0.1) is 11.3 Å². The first-order valence-corrected chi connectivity index (χ1v) is 11.5. The van der Waals surface area contributed by atoms with Crippen LogP contribution in [-0.4, -0.2) is 18.4 Å². The Balaban J connectivity index is 1.74. The summed E-state index contributed by atoms with van der Waals surface area (Å²) in [5, 5.41) is 4.11. The quantitative estimate of drug-likeness (QED) is 0.545. The number of primary amides is 1. The van der Waals surface area contributed by atoms with Crippen molar-refractivity contribution in [3.63, 3.8) is 0 Å². The van der Waals surface area contributed by atoms with E-state index in [1.807, 2.05) is 0 Å². The van der Waals surface area contributed by atoms with Gasteiger partial charge in [0, 0.05) is 9.90 Å². The Labute approximate surface area is 190 Å². The van der Waals surface area contributed by atoms with Crippen LogP contribution in [-0.2, 0) is 17.6 Å². The van der Waals surface area contributed by atoms with Crippen molar-refractivity contribution in [2.24, 2.45) is 17.1 Å². The number of halogens is 2. The summed E-state index contributed by atoms with van der Waals surface area (Å²) in [6, 6.07) is 4.78. The van der Waals surface area contributed by atoms with E-state index in [2.05, 4.69) is 26.1 Å². The van der Waals surface area contributed by atoms with Gasteiger partial charge in [0.2, 0.25) is 0 Å². The van der Waals surface area contributed by atoms with Gasteiger partial charge >= 0.3 is 0 Å². The molecule has 0 saturated carbocycles. The van der Waals surface area contributed by atoms with E-state index in [1.54, 1.807) is 18.2 Å². The van der Waals surface area contributed by atoms with Crippen molar-refractivity contribution in [2.75, 3.05) is 11.9 Å². The van der Waals surface area contributed by atoms with Gasteiger partial charge in [-0.05, 0) is 54.4 Å². The average molecular weight is 469 g/mol. The van der Waals surface area contributed by atoms with Crippen molar-refractivity contribution in [3.8, 4) is 5.75 Å². The standard InChI is InChI=1S/C22H26Cl2N2O3S/c1-4-22(2,3)12-5-7-14-17(9-12)30-21(19(14)20(25)28)26-18(27)11-29-16-8-6-13(23)10-15(16)24/h6,8,10,12H,4-5,7,9,11H2,1-3H3,(H2,25,28)(H,26,27). The number of carbonyl (C=O) groups excluding carboxylic acids is 2. The highest BCUT2D eigenvalue weighted by Gasteiger charge is 2.35. The fourth-order valence-electron chi connectivity index (χ4n) is 3.79. The molecule has 1 unspecified atom stereocenters. The minimum Gasteiger partial charge on any atom is -0.482 e. The molecule has 1 heterocycles. The number of fused-ring (bicyclic) bond motifs is 1. The maximum atomic E-state index is 12.5. The summed E-state index contributed by atoms with van der Waals surface area (Å²) >= 11 is 13.4. The molecule has 30 heavy (non-hydrogen) atoms. The largest absolute Gasteiger partial charge is 0.482 e. The lowest BCUT2D eigenvalue weighted by atomic mass is 9.69. The summed E-state index contributed by atoms with van der Waals surface area (Å²) < 4.78 is 5.49. The van der Waals surface area contributed by atoms with Crippen LogP contribution in [0.2, 0.25) is 10.0 Å². The topological polar surface area (TPSA) is 81.4 Å². The number of amides is 2. The number of hydrogen-bond donors (Lipinski definition) is 2. The lowest BCUT2D eigenvalue weighted by Gasteiger charge is -2.36. The Hall–Kier alpha value is -1.76. The number of anilines is 1. The third-order valence-corrected chi connectivity index (χ3v) is 7.73.